The van der Waals surface area contributed by atoms with Crippen molar-refractivity contribution in [3.8, 4) is 5.69 Å². The summed E-state index contributed by atoms with van der Waals surface area (Å²) in [6, 6.07) is 12.8. The van der Waals surface area contributed by atoms with Crippen LogP contribution in [0.2, 0.25) is 0 Å². The zero-order valence-electron chi connectivity index (χ0n) is 11.4. The van der Waals surface area contributed by atoms with E-state index in [1.54, 1.807) is 0 Å². The Bertz CT molecular complexity index is 580. The molecule has 2 bridgehead atoms. The molecule has 0 amide bonds. The molecular formula is C16H19N3O. The minimum atomic E-state index is 0.427. The predicted molar refractivity (Wildman–Crippen MR) is 76.7 cm³/mol. The van der Waals surface area contributed by atoms with E-state index in [4.69, 9.17) is 4.74 Å². The lowest BCUT2D eigenvalue weighted by atomic mass is 9.95. The molecule has 0 saturated carbocycles. The van der Waals surface area contributed by atoms with Gasteiger partial charge in [-0.3, -0.25) is 0 Å². The number of nitrogens with zero attached hydrogens (tertiary/aromatic N) is 2. The summed E-state index contributed by atoms with van der Waals surface area (Å²) in [4.78, 5) is 0. The summed E-state index contributed by atoms with van der Waals surface area (Å²) >= 11 is 0. The molecule has 0 spiro atoms. The molecule has 1 N–H and O–H groups in total. The second kappa shape index (κ2) is 5.04. The van der Waals surface area contributed by atoms with Crippen LogP contribution in [-0.4, -0.2) is 28.0 Å². The topological polar surface area (TPSA) is 39.1 Å². The molecule has 2 saturated heterocycles. The van der Waals surface area contributed by atoms with Gasteiger partial charge in [-0.1, -0.05) is 18.2 Å². The monoisotopic (exact) mass is 269 g/mol. The van der Waals surface area contributed by atoms with Gasteiger partial charge in [-0.15, -0.1) is 0 Å². The quantitative estimate of drug-likeness (QED) is 0.925. The van der Waals surface area contributed by atoms with Gasteiger partial charge < -0.3 is 10.1 Å². The van der Waals surface area contributed by atoms with Crippen molar-refractivity contribution in [3.05, 3.63) is 48.3 Å². The fourth-order valence-electron chi connectivity index (χ4n) is 3.27. The lowest BCUT2D eigenvalue weighted by Gasteiger charge is -2.19. The van der Waals surface area contributed by atoms with E-state index in [-0.39, 0.29) is 0 Å². The first-order valence-corrected chi connectivity index (χ1v) is 7.37. The molecule has 1 aromatic carbocycles. The van der Waals surface area contributed by atoms with Crippen LogP contribution >= 0.6 is 0 Å². The standard InChI is InChI=1S/C16H19N3O/c1-2-4-13(5-3-1)19-9-8-12(18-19)11-17-15-10-14-6-7-16(15)20-14/h1-5,8-9,14-17H,6-7,10-11H2. The third-order valence-electron chi connectivity index (χ3n) is 4.32. The fourth-order valence-corrected chi connectivity index (χ4v) is 3.27. The van der Waals surface area contributed by atoms with Gasteiger partial charge in [0.2, 0.25) is 0 Å². The zero-order chi connectivity index (χ0) is 13.4. The number of hydrogen-bond donors (Lipinski definition) is 1. The molecule has 3 unspecified atom stereocenters. The number of para-hydroxylation sites is 1. The largest absolute Gasteiger partial charge is 0.373 e. The maximum atomic E-state index is 5.86. The van der Waals surface area contributed by atoms with Gasteiger partial charge in [0.15, 0.2) is 0 Å². The van der Waals surface area contributed by atoms with Crippen molar-refractivity contribution in [2.45, 2.75) is 44.1 Å². The van der Waals surface area contributed by atoms with E-state index in [0.29, 0.717) is 18.2 Å². The van der Waals surface area contributed by atoms with Crippen LogP contribution in [-0.2, 0) is 11.3 Å². The Labute approximate surface area is 118 Å². The number of aromatic nitrogens is 2. The number of ether oxygens (including phenoxy) is 1. The molecule has 0 radical (unpaired) electrons. The van der Waals surface area contributed by atoms with E-state index in [0.717, 1.165) is 24.3 Å². The molecule has 3 atom stereocenters. The smallest absolute Gasteiger partial charge is 0.0766 e. The van der Waals surface area contributed by atoms with Gasteiger partial charge in [-0.25, -0.2) is 4.68 Å². The number of rotatable bonds is 4. The lowest BCUT2D eigenvalue weighted by Crippen LogP contribution is -2.37. The van der Waals surface area contributed by atoms with E-state index >= 15 is 0 Å². The van der Waals surface area contributed by atoms with E-state index in [1.165, 1.54) is 12.8 Å². The lowest BCUT2D eigenvalue weighted by molar-refractivity contribution is 0.0972. The highest BCUT2D eigenvalue weighted by Crippen LogP contribution is 2.34. The summed E-state index contributed by atoms with van der Waals surface area (Å²) in [7, 11) is 0. The average Bonchev–Trinajstić information content (AvgIpc) is 3.22. The van der Waals surface area contributed by atoms with Crippen molar-refractivity contribution in [2.24, 2.45) is 0 Å². The number of nitrogens with one attached hydrogen (secondary N) is 1. The summed E-state index contributed by atoms with van der Waals surface area (Å²) < 4.78 is 7.78. The van der Waals surface area contributed by atoms with Crippen molar-refractivity contribution < 1.29 is 4.74 Å². The molecule has 20 heavy (non-hydrogen) atoms. The van der Waals surface area contributed by atoms with Gasteiger partial charge in [0.05, 0.1) is 23.6 Å². The second-order valence-electron chi connectivity index (χ2n) is 5.68. The molecule has 2 aromatic rings. The Morgan fingerprint density at radius 1 is 1.20 bits per heavy atom. The van der Waals surface area contributed by atoms with Gasteiger partial charge in [0.25, 0.3) is 0 Å². The summed E-state index contributed by atoms with van der Waals surface area (Å²) in [5, 5.41) is 8.21. The van der Waals surface area contributed by atoms with Crippen molar-refractivity contribution >= 4 is 0 Å². The van der Waals surface area contributed by atoms with Crippen molar-refractivity contribution in [3.63, 3.8) is 0 Å². The summed E-state index contributed by atoms with van der Waals surface area (Å²) in [5.74, 6) is 0. The van der Waals surface area contributed by atoms with Crippen LogP contribution in [0.4, 0.5) is 0 Å². The Balaban J connectivity index is 1.39. The molecule has 0 aliphatic carbocycles. The highest BCUT2D eigenvalue weighted by molar-refractivity contribution is 5.30. The minimum absolute atomic E-state index is 0.427. The zero-order valence-corrected chi connectivity index (χ0v) is 11.4. The molecule has 2 aliphatic heterocycles. The van der Waals surface area contributed by atoms with Crippen LogP contribution in [0, 0.1) is 0 Å². The van der Waals surface area contributed by atoms with Crippen LogP contribution in [0.5, 0.6) is 0 Å². The van der Waals surface area contributed by atoms with Crippen LogP contribution in [0.25, 0.3) is 5.69 Å². The molecule has 104 valence electrons. The van der Waals surface area contributed by atoms with Crippen LogP contribution < -0.4 is 5.32 Å². The molecule has 4 nitrogen and oxygen atoms in total. The first-order chi connectivity index (χ1) is 9.88. The first kappa shape index (κ1) is 12.1. The normalized spacial score (nSPS) is 28.1. The van der Waals surface area contributed by atoms with E-state index in [9.17, 15) is 0 Å². The molecule has 3 heterocycles. The third kappa shape index (κ3) is 2.25. The molecule has 1 aromatic heterocycles. The molecule has 2 fully saturated rings. The first-order valence-electron chi connectivity index (χ1n) is 7.37. The summed E-state index contributed by atoms with van der Waals surface area (Å²) in [6.07, 6.45) is 6.55. The highest BCUT2D eigenvalue weighted by Gasteiger charge is 2.40. The van der Waals surface area contributed by atoms with Crippen LogP contribution in [0.1, 0.15) is 25.0 Å². The maximum Gasteiger partial charge on any atom is 0.0766 e. The van der Waals surface area contributed by atoms with E-state index in [2.05, 4.69) is 28.6 Å². The van der Waals surface area contributed by atoms with Crippen molar-refractivity contribution in [2.75, 3.05) is 0 Å². The Morgan fingerprint density at radius 2 is 2.10 bits per heavy atom. The van der Waals surface area contributed by atoms with E-state index < -0.39 is 0 Å². The Hall–Kier alpha value is -1.65. The van der Waals surface area contributed by atoms with E-state index in [1.807, 2.05) is 29.1 Å². The van der Waals surface area contributed by atoms with Gasteiger partial charge >= 0.3 is 0 Å². The van der Waals surface area contributed by atoms with Gasteiger partial charge in [-0.2, -0.15) is 5.10 Å². The molecule has 4 rings (SSSR count). The van der Waals surface area contributed by atoms with Crippen molar-refractivity contribution in [1.29, 1.82) is 0 Å². The van der Waals surface area contributed by atoms with Crippen LogP contribution in [0.3, 0.4) is 0 Å². The SMILES string of the molecule is c1ccc(-n2ccc(CNC3CC4CCC3O4)n2)cc1. The molecule has 2 aliphatic rings. The summed E-state index contributed by atoms with van der Waals surface area (Å²) in [5.41, 5.74) is 2.18. The molecule has 4 heteroatoms. The van der Waals surface area contributed by atoms with Gasteiger partial charge in [0, 0.05) is 18.8 Å². The summed E-state index contributed by atoms with van der Waals surface area (Å²) in [6.45, 7) is 0.817. The minimum Gasteiger partial charge on any atom is -0.373 e. The third-order valence-corrected chi connectivity index (χ3v) is 4.32. The predicted octanol–water partition coefficient (Wildman–Crippen LogP) is 2.28. The molecular weight excluding hydrogens is 250 g/mol. The van der Waals surface area contributed by atoms with Gasteiger partial charge in [-0.05, 0) is 37.5 Å². The Morgan fingerprint density at radius 3 is 2.85 bits per heavy atom. The fraction of sp³-hybridized carbons (Fsp3) is 0.438. The van der Waals surface area contributed by atoms with Crippen LogP contribution in [0.15, 0.2) is 42.6 Å². The second-order valence-corrected chi connectivity index (χ2v) is 5.68. The average molecular weight is 269 g/mol. The van der Waals surface area contributed by atoms with Crippen molar-refractivity contribution in [1.82, 2.24) is 15.1 Å². The number of fused-ring (bicyclic) bond motifs is 2. The highest BCUT2D eigenvalue weighted by atomic mass is 16.5. The van der Waals surface area contributed by atoms with Gasteiger partial charge in [0.1, 0.15) is 0 Å². The number of hydrogen-bond acceptors (Lipinski definition) is 3. The maximum absolute atomic E-state index is 5.86. The Kier molecular flexibility index (Phi) is 3.05. The number of benzene rings is 1.